The van der Waals surface area contributed by atoms with E-state index < -0.39 is 11.9 Å². The highest BCUT2D eigenvalue weighted by atomic mass is 35.5. The number of carbonyl (C=O) groups is 2. The van der Waals surface area contributed by atoms with Crippen LogP contribution in [0.15, 0.2) is 60.7 Å². The predicted molar refractivity (Wildman–Crippen MR) is 100 cm³/mol. The molecule has 132 valence electrons. The normalized spacial score (nSPS) is 11.8. The SMILES string of the molecule is C[C@H](NC(=O)COC(=O)c1ccc2ccccc2n1)c1cccc(Cl)c1. The molecule has 0 unspecified atom stereocenters. The van der Waals surface area contributed by atoms with Gasteiger partial charge in [0.05, 0.1) is 11.6 Å². The summed E-state index contributed by atoms with van der Waals surface area (Å²) in [6, 6.07) is 17.8. The number of ether oxygens (including phenoxy) is 1. The van der Waals surface area contributed by atoms with Crippen LogP contribution in [0, 0.1) is 0 Å². The lowest BCUT2D eigenvalue weighted by Gasteiger charge is -2.14. The van der Waals surface area contributed by atoms with Crippen molar-refractivity contribution in [3.8, 4) is 0 Å². The van der Waals surface area contributed by atoms with E-state index in [1.54, 1.807) is 24.3 Å². The van der Waals surface area contributed by atoms with Crippen molar-refractivity contribution in [1.82, 2.24) is 10.3 Å². The molecular weight excluding hydrogens is 352 g/mol. The van der Waals surface area contributed by atoms with Crippen LogP contribution in [0.4, 0.5) is 0 Å². The van der Waals surface area contributed by atoms with Gasteiger partial charge in [-0.15, -0.1) is 0 Å². The van der Waals surface area contributed by atoms with E-state index in [9.17, 15) is 9.59 Å². The number of fused-ring (bicyclic) bond motifs is 1. The second-order valence-corrected chi connectivity index (χ2v) is 6.25. The predicted octanol–water partition coefficient (Wildman–Crippen LogP) is 3.92. The number of benzene rings is 2. The Morgan fingerprint density at radius 3 is 2.73 bits per heavy atom. The van der Waals surface area contributed by atoms with E-state index in [4.69, 9.17) is 16.3 Å². The number of para-hydroxylation sites is 1. The average molecular weight is 369 g/mol. The molecule has 0 saturated heterocycles. The van der Waals surface area contributed by atoms with Crippen molar-refractivity contribution in [2.24, 2.45) is 0 Å². The number of nitrogens with zero attached hydrogens (tertiary/aromatic N) is 1. The number of hydrogen-bond donors (Lipinski definition) is 1. The van der Waals surface area contributed by atoms with Crippen molar-refractivity contribution in [3.05, 3.63) is 76.9 Å². The fourth-order valence-electron chi connectivity index (χ4n) is 2.53. The highest BCUT2D eigenvalue weighted by Crippen LogP contribution is 2.17. The molecule has 0 aliphatic rings. The van der Waals surface area contributed by atoms with E-state index in [0.29, 0.717) is 10.5 Å². The number of pyridine rings is 1. The summed E-state index contributed by atoms with van der Waals surface area (Å²) in [7, 11) is 0. The summed E-state index contributed by atoms with van der Waals surface area (Å²) >= 11 is 5.95. The Morgan fingerprint density at radius 2 is 1.92 bits per heavy atom. The Balaban J connectivity index is 1.57. The number of carbonyl (C=O) groups excluding carboxylic acids is 2. The number of amides is 1. The summed E-state index contributed by atoms with van der Waals surface area (Å²) < 4.78 is 5.06. The van der Waals surface area contributed by atoms with Gasteiger partial charge in [-0.1, -0.05) is 48.0 Å². The highest BCUT2D eigenvalue weighted by molar-refractivity contribution is 6.30. The van der Waals surface area contributed by atoms with Crippen LogP contribution in [0.2, 0.25) is 5.02 Å². The first-order valence-corrected chi connectivity index (χ1v) is 8.48. The standard InChI is InChI=1S/C20H17ClN2O3/c1-13(15-6-4-7-16(21)11-15)22-19(24)12-26-20(25)18-10-9-14-5-2-3-8-17(14)23-18/h2-11,13H,12H2,1H3,(H,22,24)/t13-/m0/s1. The van der Waals surface area contributed by atoms with E-state index in [0.717, 1.165) is 10.9 Å². The van der Waals surface area contributed by atoms with Crippen LogP contribution < -0.4 is 5.32 Å². The monoisotopic (exact) mass is 368 g/mol. The highest BCUT2D eigenvalue weighted by Gasteiger charge is 2.14. The zero-order chi connectivity index (χ0) is 18.5. The van der Waals surface area contributed by atoms with Gasteiger partial charge in [-0.25, -0.2) is 9.78 Å². The van der Waals surface area contributed by atoms with Crippen molar-refractivity contribution in [1.29, 1.82) is 0 Å². The lowest BCUT2D eigenvalue weighted by Crippen LogP contribution is -2.31. The number of esters is 1. The molecule has 26 heavy (non-hydrogen) atoms. The van der Waals surface area contributed by atoms with Crippen molar-refractivity contribution in [2.75, 3.05) is 6.61 Å². The van der Waals surface area contributed by atoms with E-state index in [1.165, 1.54) is 0 Å². The molecule has 3 aromatic rings. The van der Waals surface area contributed by atoms with Crippen LogP contribution in [-0.2, 0) is 9.53 Å². The first kappa shape index (κ1) is 17.9. The maximum absolute atomic E-state index is 12.1. The Hall–Kier alpha value is -2.92. The molecule has 6 heteroatoms. The van der Waals surface area contributed by atoms with Gasteiger partial charge in [0.15, 0.2) is 6.61 Å². The van der Waals surface area contributed by atoms with Gasteiger partial charge in [0, 0.05) is 10.4 Å². The Bertz CT molecular complexity index is 958. The third-order valence-corrected chi connectivity index (χ3v) is 4.10. The summed E-state index contributed by atoms with van der Waals surface area (Å²) in [4.78, 5) is 28.4. The van der Waals surface area contributed by atoms with Gasteiger partial charge in [-0.2, -0.15) is 0 Å². The molecule has 1 amide bonds. The lowest BCUT2D eigenvalue weighted by atomic mass is 10.1. The van der Waals surface area contributed by atoms with Crippen LogP contribution in [0.3, 0.4) is 0 Å². The summed E-state index contributed by atoms with van der Waals surface area (Å²) in [5, 5.41) is 4.29. The molecule has 0 bridgehead atoms. The molecule has 1 aromatic heterocycles. The summed E-state index contributed by atoms with van der Waals surface area (Å²) in [6.07, 6.45) is 0. The molecule has 0 aliphatic carbocycles. The van der Waals surface area contributed by atoms with Crippen molar-refractivity contribution in [2.45, 2.75) is 13.0 Å². The van der Waals surface area contributed by atoms with Gasteiger partial charge in [-0.3, -0.25) is 4.79 Å². The Kier molecular flexibility index (Phi) is 5.49. The zero-order valence-electron chi connectivity index (χ0n) is 14.1. The summed E-state index contributed by atoms with van der Waals surface area (Å²) in [5.74, 6) is -1.03. The largest absolute Gasteiger partial charge is 0.451 e. The van der Waals surface area contributed by atoms with Crippen LogP contribution >= 0.6 is 11.6 Å². The molecule has 0 saturated carbocycles. The van der Waals surface area contributed by atoms with Gasteiger partial charge < -0.3 is 10.1 Å². The van der Waals surface area contributed by atoms with E-state index in [1.807, 2.05) is 43.3 Å². The van der Waals surface area contributed by atoms with E-state index >= 15 is 0 Å². The average Bonchev–Trinajstić information content (AvgIpc) is 2.65. The molecule has 2 aromatic carbocycles. The molecule has 0 fully saturated rings. The first-order chi connectivity index (χ1) is 12.5. The third-order valence-electron chi connectivity index (χ3n) is 3.87. The van der Waals surface area contributed by atoms with Gasteiger partial charge >= 0.3 is 5.97 Å². The van der Waals surface area contributed by atoms with E-state index in [2.05, 4.69) is 10.3 Å². The second-order valence-electron chi connectivity index (χ2n) is 5.81. The summed E-state index contributed by atoms with van der Waals surface area (Å²) in [6.45, 7) is 1.45. The van der Waals surface area contributed by atoms with Crippen LogP contribution in [0.5, 0.6) is 0 Å². The number of nitrogens with one attached hydrogen (secondary N) is 1. The molecule has 1 atom stereocenters. The molecule has 0 radical (unpaired) electrons. The fourth-order valence-corrected chi connectivity index (χ4v) is 2.73. The lowest BCUT2D eigenvalue weighted by molar-refractivity contribution is -0.124. The number of hydrogen-bond acceptors (Lipinski definition) is 4. The van der Waals surface area contributed by atoms with Gasteiger partial charge in [0.2, 0.25) is 0 Å². The zero-order valence-corrected chi connectivity index (χ0v) is 14.9. The maximum atomic E-state index is 12.1. The number of rotatable bonds is 5. The molecular formula is C20H17ClN2O3. The smallest absolute Gasteiger partial charge is 0.357 e. The molecule has 0 spiro atoms. The molecule has 3 rings (SSSR count). The quantitative estimate of drug-likeness (QED) is 0.693. The molecule has 1 N–H and O–H groups in total. The van der Waals surface area contributed by atoms with Gasteiger partial charge in [0.1, 0.15) is 5.69 Å². The Labute approximate surface area is 156 Å². The summed E-state index contributed by atoms with van der Waals surface area (Å²) in [5.41, 5.74) is 1.73. The van der Waals surface area contributed by atoms with Crippen molar-refractivity contribution >= 4 is 34.4 Å². The van der Waals surface area contributed by atoms with Gasteiger partial charge in [0.25, 0.3) is 5.91 Å². The molecule has 1 heterocycles. The minimum Gasteiger partial charge on any atom is -0.451 e. The molecule has 0 aliphatic heterocycles. The Morgan fingerprint density at radius 1 is 1.12 bits per heavy atom. The van der Waals surface area contributed by atoms with Crippen LogP contribution in [0.1, 0.15) is 29.0 Å². The topological polar surface area (TPSA) is 68.3 Å². The van der Waals surface area contributed by atoms with Gasteiger partial charge in [-0.05, 0) is 36.8 Å². The minimum absolute atomic E-state index is 0.166. The van der Waals surface area contributed by atoms with E-state index in [-0.39, 0.29) is 18.3 Å². The molecule has 5 nitrogen and oxygen atoms in total. The minimum atomic E-state index is -0.638. The van der Waals surface area contributed by atoms with Crippen molar-refractivity contribution < 1.29 is 14.3 Å². The third kappa shape index (κ3) is 4.37. The van der Waals surface area contributed by atoms with Crippen LogP contribution in [0.25, 0.3) is 10.9 Å². The fraction of sp³-hybridized carbons (Fsp3) is 0.150. The number of aromatic nitrogens is 1. The maximum Gasteiger partial charge on any atom is 0.357 e. The number of halogens is 1. The van der Waals surface area contributed by atoms with Crippen LogP contribution in [-0.4, -0.2) is 23.5 Å². The van der Waals surface area contributed by atoms with Crippen molar-refractivity contribution in [3.63, 3.8) is 0 Å². The first-order valence-electron chi connectivity index (χ1n) is 8.10. The second kappa shape index (κ2) is 7.97.